The fraction of sp³-hybridized carbons (Fsp3) is 0.0370. The molecule has 0 aliphatic rings. The van der Waals surface area contributed by atoms with Crippen LogP contribution < -0.4 is 15.6 Å². The van der Waals surface area contributed by atoms with Crippen LogP contribution in [0.25, 0.3) is 22.2 Å². The zero-order chi connectivity index (χ0) is 28.9. The number of pyridine rings is 2. The quantitative estimate of drug-likeness (QED) is 0.205. The molecular formula is C27H18F4N4O5. The minimum Gasteiger partial charge on any atom is -0.475 e. The number of halogens is 4. The first kappa shape index (κ1) is 27.6. The van der Waals surface area contributed by atoms with Crippen LogP contribution in [0, 0.1) is 5.82 Å². The van der Waals surface area contributed by atoms with Gasteiger partial charge in [-0.2, -0.15) is 13.2 Å². The number of anilines is 1. The second-order valence-corrected chi connectivity index (χ2v) is 8.05. The third kappa shape index (κ3) is 6.51. The zero-order valence-corrected chi connectivity index (χ0v) is 20.1. The van der Waals surface area contributed by atoms with Gasteiger partial charge < -0.3 is 25.1 Å². The third-order valence-corrected chi connectivity index (χ3v) is 5.33. The first-order valence-electron chi connectivity index (χ1n) is 11.3. The van der Waals surface area contributed by atoms with E-state index in [4.69, 9.17) is 14.6 Å². The number of benzene rings is 2. The summed E-state index contributed by atoms with van der Waals surface area (Å²) in [7, 11) is 0. The molecule has 0 radical (unpaired) electrons. The fourth-order valence-electron chi connectivity index (χ4n) is 3.45. The van der Waals surface area contributed by atoms with Crippen molar-refractivity contribution in [1.82, 2.24) is 15.0 Å². The lowest BCUT2D eigenvalue weighted by atomic mass is 10.1. The van der Waals surface area contributed by atoms with E-state index in [1.807, 2.05) is 30.3 Å². The molecule has 1 amide bonds. The van der Waals surface area contributed by atoms with Crippen molar-refractivity contribution in [2.24, 2.45) is 0 Å². The molecule has 4 N–H and O–H groups in total. The molecule has 0 atom stereocenters. The number of aliphatic carboxylic acids is 1. The Morgan fingerprint density at radius 1 is 0.925 bits per heavy atom. The number of carboxylic acids is 1. The highest BCUT2D eigenvalue weighted by atomic mass is 19.4. The standard InChI is InChI=1S/C25H17FN4O3.C2HF3O2/c26-20-13-17(6-7-22(20)33-21-9-11-28-23-18(21)8-10-27-23)30-25(32)19-12-16(14-29-24(19)31)15-4-2-1-3-5-15;3-2(4,5)1(6)7/h1-14H,(H,27,28)(H,29,31)(H,30,32);(H,6,7). The average molecular weight is 554 g/mol. The van der Waals surface area contributed by atoms with Crippen LogP contribution in [-0.2, 0) is 4.79 Å². The molecule has 0 bridgehead atoms. The highest BCUT2D eigenvalue weighted by Gasteiger charge is 2.38. The number of nitrogens with one attached hydrogen (secondary N) is 3. The fourth-order valence-corrected chi connectivity index (χ4v) is 3.45. The van der Waals surface area contributed by atoms with Crippen LogP contribution in [0.5, 0.6) is 11.5 Å². The third-order valence-electron chi connectivity index (χ3n) is 5.33. The zero-order valence-electron chi connectivity index (χ0n) is 20.1. The number of hydrogen-bond acceptors (Lipinski definition) is 5. The van der Waals surface area contributed by atoms with E-state index in [9.17, 15) is 27.2 Å². The van der Waals surface area contributed by atoms with Gasteiger partial charge in [-0.15, -0.1) is 0 Å². The molecule has 0 fully saturated rings. The minimum absolute atomic E-state index is 0.00868. The second kappa shape index (κ2) is 11.5. The summed E-state index contributed by atoms with van der Waals surface area (Å²) in [6.45, 7) is 0. The van der Waals surface area contributed by atoms with Gasteiger partial charge in [-0.3, -0.25) is 9.59 Å². The SMILES string of the molecule is O=C(Nc1ccc(Oc2ccnc3[nH]ccc23)c(F)c1)c1cc(-c2ccccc2)c[nH]c1=O.O=C(O)C(F)(F)F. The maximum Gasteiger partial charge on any atom is 0.490 e. The van der Waals surface area contributed by atoms with Gasteiger partial charge in [-0.25, -0.2) is 14.2 Å². The van der Waals surface area contributed by atoms with Crippen molar-refractivity contribution in [2.75, 3.05) is 5.32 Å². The van der Waals surface area contributed by atoms with E-state index in [2.05, 4.69) is 20.3 Å². The Morgan fingerprint density at radius 3 is 2.33 bits per heavy atom. The van der Waals surface area contributed by atoms with Crippen LogP contribution in [0.1, 0.15) is 10.4 Å². The van der Waals surface area contributed by atoms with Gasteiger partial charge >= 0.3 is 12.1 Å². The van der Waals surface area contributed by atoms with Gasteiger partial charge in [0.2, 0.25) is 0 Å². The summed E-state index contributed by atoms with van der Waals surface area (Å²) in [5, 5.41) is 10.4. The van der Waals surface area contributed by atoms with Crippen molar-refractivity contribution < 1.29 is 37.0 Å². The molecule has 0 saturated carbocycles. The Kier molecular flexibility index (Phi) is 7.94. The molecule has 0 aliphatic heterocycles. The molecule has 3 aromatic heterocycles. The number of nitrogens with zero attached hydrogens (tertiary/aromatic N) is 1. The van der Waals surface area contributed by atoms with Crippen LogP contribution in [0.15, 0.2) is 90.1 Å². The minimum atomic E-state index is -5.08. The molecule has 0 aliphatic carbocycles. The molecule has 5 aromatic rings. The molecule has 0 spiro atoms. The van der Waals surface area contributed by atoms with Crippen molar-refractivity contribution >= 4 is 28.6 Å². The highest BCUT2D eigenvalue weighted by Crippen LogP contribution is 2.31. The summed E-state index contributed by atoms with van der Waals surface area (Å²) < 4.78 is 52.2. The maximum absolute atomic E-state index is 14.7. The van der Waals surface area contributed by atoms with Gasteiger partial charge in [0.15, 0.2) is 11.6 Å². The lowest BCUT2D eigenvalue weighted by molar-refractivity contribution is -0.192. The summed E-state index contributed by atoms with van der Waals surface area (Å²) in [5.41, 5.74) is 1.73. The highest BCUT2D eigenvalue weighted by molar-refractivity contribution is 6.04. The van der Waals surface area contributed by atoms with Crippen LogP contribution in [-0.4, -0.2) is 38.1 Å². The van der Waals surface area contributed by atoms with E-state index in [0.717, 1.165) is 11.6 Å². The normalized spacial score (nSPS) is 10.9. The number of alkyl halides is 3. The molecular weight excluding hydrogens is 536 g/mol. The smallest absolute Gasteiger partial charge is 0.475 e. The van der Waals surface area contributed by atoms with Crippen molar-refractivity contribution in [2.45, 2.75) is 6.18 Å². The lowest BCUT2D eigenvalue weighted by Gasteiger charge is -2.10. The van der Waals surface area contributed by atoms with Crippen molar-refractivity contribution in [3.05, 3.63) is 107 Å². The summed E-state index contributed by atoms with van der Waals surface area (Å²) in [4.78, 5) is 43.6. The molecule has 2 aromatic carbocycles. The lowest BCUT2D eigenvalue weighted by Crippen LogP contribution is -2.23. The number of carbonyl (C=O) groups excluding carboxylic acids is 1. The second-order valence-electron chi connectivity index (χ2n) is 8.05. The summed E-state index contributed by atoms with van der Waals surface area (Å²) in [6.07, 6.45) is -0.267. The predicted molar refractivity (Wildman–Crippen MR) is 137 cm³/mol. The van der Waals surface area contributed by atoms with Gasteiger partial charge in [0.1, 0.15) is 17.0 Å². The number of fused-ring (bicyclic) bond motifs is 1. The number of hydrogen-bond donors (Lipinski definition) is 4. The average Bonchev–Trinajstić information content (AvgIpc) is 3.41. The summed E-state index contributed by atoms with van der Waals surface area (Å²) in [5.74, 6) is -3.63. The number of H-pyrrole nitrogens is 2. The Balaban J connectivity index is 0.000000470. The first-order chi connectivity index (χ1) is 19.0. The van der Waals surface area contributed by atoms with Gasteiger partial charge in [0.05, 0.1) is 5.39 Å². The van der Waals surface area contributed by atoms with Crippen LogP contribution in [0.2, 0.25) is 0 Å². The molecule has 0 unspecified atom stereocenters. The number of ether oxygens (including phenoxy) is 1. The number of rotatable bonds is 5. The van der Waals surface area contributed by atoms with Crippen molar-refractivity contribution in [3.63, 3.8) is 0 Å². The maximum atomic E-state index is 14.7. The molecule has 9 nitrogen and oxygen atoms in total. The molecule has 3 heterocycles. The summed E-state index contributed by atoms with van der Waals surface area (Å²) >= 11 is 0. The van der Waals surface area contributed by atoms with E-state index < -0.39 is 29.4 Å². The van der Waals surface area contributed by atoms with E-state index in [1.54, 1.807) is 30.7 Å². The molecule has 204 valence electrons. The van der Waals surface area contributed by atoms with Crippen LogP contribution in [0.3, 0.4) is 0 Å². The van der Waals surface area contributed by atoms with Crippen LogP contribution in [0.4, 0.5) is 23.2 Å². The largest absolute Gasteiger partial charge is 0.490 e. The molecule has 5 rings (SSSR count). The van der Waals surface area contributed by atoms with E-state index in [0.29, 0.717) is 22.3 Å². The Bertz CT molecular complexity index is 1730. The molecule has 0 saturated heterocycles. The van der Waals surface area contributed by atoms with Crippen molar-refractivity contribution in [1.29, 1.82) is 0 Å². The van der Waals surface area contributed by atoms with Gasteiger partial charge in [0, 0.05) is 30.3 Å². The monoisotopic (exact) mass is 554 g/mol. The predicted octanol–water partition coefficient (Wildman–Crippen LogP) is 5.74. The Labute approximate surface area is 222 Å². The van der Waals surface area contributed by atoms with Gasteiger partial charge in [-0.1, -0.05) is 30.3 Å². The number of aromatic amines is 2. The van der Waals surface area contributed by atoms with E-state index in [-0.39, 0.29) is 17.0 Å². The van der Waals surface area contributed by atoms with E-state index in [1.165, 1.54) is 18.2 Å². The molecule has 40 heavy (non-hydrogen) atoms. The van der Waals surface area contributed by atoms with E-state index >= 15 is 0 Å². The number of amides is 1. The van der Waals surface area contributed by atoms with Gasteiger partial charge in [-0.05, 0) is 41.5 Å². The Hall–Kier alpha value is -5.46. The number of carboxylic acid groups (broad SMARTS) is 1. The molecule has 13 heteroatoms. The Morgan fingerprint density at radius 2 is 1.65 bits per heavy atom. The number of aromatic nitrogens is 3. The summed E-state index contributed by atoms with van der Waals surface area (Å²) in [6, 6.07) is 18.3. The van der Waals surface area contributed by atoms with Crippen molar-refractivity contribution in [3.8, 4) is 22.6 Å². The first-order valence-corrected chi connectivity index (χ1v) is 11.3. The van der Waals surface area contributed by atoms with Crippen LogP contribution >= 0.6 is 0 Å². The number of carbonyl (C=O) groups is 2. The topological polar surface area (TPSA) is 137 Å². The van der Waals surface area contributed by atoms with Gasteiger partial charge in [0.25, 0.3) is 11.5 Å².